The first-order chi connectivity index (χ1) is 12.9. The molecule has 0 aliphatic rings. The molecule has 1 N–H and O–H groups in total. The summed E-state index contributed by atoms with van der Waals surface area (Å²) in [6.45, 7) is 0. The van der Waals surface area contributed by atoms with Crippen molar-refractivity contribution in [3.63, 3.8) is 0 Å². The van der Waals surface area contributed by atoms with Gasteiger partial charge in [0, 0.05) is 11.6 Å². The van der Waals surface area contributed by atoms with Gasteiger partial charge in [0.1, 0.15) is 5.75 Å². The van der Waals surface area contributed by atoms with Gasteiger partial charge in [-0.25, -0.2) is 0 Å². The van der Waals surface area contributed by atoms with Gasteiger partial charge >= 0.3 is 6.18 Å². The molecular formula is C19H15F3N2O3. The minimum absolute atomic E-state index is 0.216. The number of benzene rings is 2. The van der Waals surface area contributed by atoms with Crippen LogP contribution >= 0.6 is 0 Å². The molecule has 2 aromatic carbocycles. The minimum Gasteiger partial charge on any atom is -0.497 e. The first-order valence-corrected chi connectivity index (χ1v) is 7.93. The van der Waals surface area contributed by atoms with Crippen molar-refractivity contribution in [2.24, 2.45) is 0 Å². The molecule has 8 heteroatoms. The van der Waals surface area contributed by atoms with Gasteiger partial charge in [0.25, 0.3) is 0 Å². The van der Waals surface area contributed by atoms with Crippen molar-refractivity contribution in [2.75, 3.05) is 12.4 Å². The van der Waals surface area contributed by atoms with E-state index in [2.05, 4.69) is 10.5 Å². The number of alkyl halides is 3. The summed E-state index contributed by atoms with van der Waals surface area (Å²) in [6.07, 6.45) is -4.77. The van der Waals surface area contributed by atoms with E-state index in [-0.39, 0.29) is 12.1 Å². The lowest BCUT2D eigenvalue weighted by Crippen LogP contribution is -2.18. The number of nitrogens with one attached hydrogen (secondary N) is 1. The van der Waals surface area contributed by atoms with Crippen LogP contribution in [0.4, 0.5) is 18.9 Å². The van der Waals surface area contributed by atoms with Crippen LogP contribution in [-0.2, 0) is 17.4 Å². The number of methoxy groups -OCH3 is 1. The van der Waals surface area contributed by atoms with Crippen molar-refractivity contribution >= 4 is 11.6 Å². The molecule has 0 saturated heterocycles. The van der Waals surface area contributed by atoms with Crippen molar-refractivity contribution in [2.45, 2.75) is 12.6 Å². The van der Waals surface area contributed by atoms with Crippen LogP contribution in [0.25, 0.3) is 11.3 Å². The number of hydrogen-bond acceptors (Lipinski definition) is 4. The van der Waals surface area contributed by atoms with Crippen molar-refractivity contribution < 1.29 is 27.2 Å². The molecule has 0 radical (unpaired) electrons. The van der Waals surface area contributed by atoms with E-state index < -0.39 is 17.6 Å². The Labute approximate surface area is 152 Å². The molecule has 0 aliphatic carbocycles. The van der Waals surface area contributed by atoms with Crippen LogP contribution in [-0.4, -0.2) is 18.2 Å². The van der Waals surface area contributed by atoms with Crippen LogP contribution in [0.1, 0.15) is 11.3 Å². The summed E-state index contributed by atoms with van der Waals surface area (Å²) in [4.78, 5) is 12.1. The van der Waals surface area contributed by atoms with Gasteiger partial charge in [0.05, 0.1) is 30.5 Å². The van der Waals surface area contributed by atoms with Crippen LogP contribution < -0.4 is 10.1 Å². The van der Waals surface area contributed by atoms with Crippen molar-refractivity contribution in [3.8, 4) is 17.1 Å². The third-order valence-electron chi connectivity index (χ3n) is 3.78. The Morgan fingerprint density at radius 2 is 1.85 bits per heavy atom. The number of para-hydroxylation sites is 1. The third kappa shape index (κ3) is 4.46. The molecule has 0 atom stereocenters. The zero-order valence-electron chi connectivity index (χ0n) is 14.2. The molecule has 5 nitrogen and oxygen atoms in total. The van der Waals surface area contributed by atoms with Crippen LogP contribution in [0, 0.1) is 0 Å². The van der Waals surface area contributed by atoms with Gasteiger partial charge in [-0.15, -0.1) is 0 Å². The summed E-state index contributed by atoms with van der Waals surface area (Å²) in [5.74, 6) is 0.499. The largest absolute Gasteiger partial charge is 0.497 e. The van der Waals surface area contributed by atoms with Crippen molar-refractivity contribution in [1.29, 1.82) is 0 Å². The van der Waals surface area contributed by atoms with E-state index in [0.29, 0.717) is 17.2 Å². The summed E-state index contributed by atoms with van der Waals surface area (Å²) in [5.41, 5.74) is -0.161. The van der Waals surface area contributed by atoms with Gasteiger partial charge in [0.2, 0.25) is 5.91 Å². The predicted molar refractivity (Wildman–Crippen MR) is 92.3 cm³/mol. The van der Waals surface area contributed by atoms with E-state index in [9.17, 15) is 18.0 Å². The molecule has 1 heterocycles. The number of anilines is 1. The SMILES string of the molecule is COc1ccc(-c2cc(CC(=O)Nc3ccccc3C(F)(F)F)no2)cc1. The van der Waals surface area contributed by atoms with E-state index in [4.69, 9.17) is 9.26 Å². The number of carbonyl (C=O) groups excluding carboxylic acids is 1. The number of hydrogen-bond donors (Lipinski definition) is 1. The maximum Gasteiger partial charge on any atom is 0.418 e. The lowest BCUT2D eigenvalue weighted by molar-refractivity contribution is -0.137. The molecule has 140 valence electrons. The fourth-order valence-electron chi connectivity index (χ4n) is 2.48. The van der Waals surface area contributed by atoms with E-state index in [1.165, 1.54) is 18.2 Å². The van der Waals surface area contributed by atoms with Crippen molar-refractivity contribution in [1.82, 2.24) is 5.16 Å². The highest BCUT2D eigenvalue weighted by atomic mass is 19.4. The quantitative estimate of drug-likeness (QED) is 0.710. The second-order valence-electron chi connectivity index (χ2n) is 5.68. The molecule has 1 amide bonds. The average molecular weight is 376 g/mol. The number of halogens is 3. The first-order valence-electron chi connectivity index (χ1n) is 7.93. The Hall–Kier alpha value is -3.29. The number of ether oxygens (including phenoxy) is 1. The van der Waals surface area contributed by atoms with Crippen molar-refractivity contribution in [3.05, 3.63) is 65.9 Å². The second-order valence-corrected chi connectivity index (χ2v) is 5.68. The molecule has 3 aromatic rings. The standard InChI is InChI=1S/C19H15F3N2O3/c1-26-14-8-6-12(7-9-14)17-10-13(24-27-17)11-18(25)23-16-5-3-2-4-15(16)19(20,21)22/h2-10H,11H2,1H3,(H,23,25). The third-order valence-corrected chi connectivity index (χ3v) is 3.78. The summed E-state index contributed by atoms with van der Waals surface area (Å²) < 4.78 is 49.2. The zero-order chi connectivity index (χ0) is 19.4. The fourth-order valence-corrected chi connectivity index (χ4v) is 2.48. The topological polar surface area (TPSA) is 64.4 Å². The van der Waals surface area contributed by atoms with Gasteiger partial charge in [-0.05, 0) is 36.4 Å². The van der Waals surface area contributed by atoms with Gasteiger partial charge in [-0.1, -0.05) is 17.3 Å². The molecule has 0 bridgehead atoms. The second kappa shape index (κ2) is 7.53. The molecule has 0 fully saturated rings. The lowest BCUT2D eigenvalue weighted by atomic mass is 10.1. The Morgan fingerprint density at radius 1 is 1.15 bits per heavy atom. The first kappa shape index (κ1) is 18.5. The van der Waals surface area contributed by atoms with E-state index in [1.807, 2.05) is 0 Å². The highest BCUT2D eigenvalue weighted by Crippen LogP contribution is 2.34. The van der Waals surface area contributed by atoms with Gasteiger partial charge in [-0.2, -0.15) is 13.2 Å². The van der Waals surface area contributed by atoms with E-state index >= 15 is 0 Å². The highest BCUT2D eigenvalue weighted by Gasteiger charge is 2.33. The van der Waals surface area contributed by atoms with E-state index in [0.717, 1.165) is 11.6 Å². The number of rotatable bonds is 5. The summed E-state index contributed by atoms with van der Waals surface area (Å²) in [6, 6.07) is 13.4. The molecule has 0 aliphatic heterocycles. The Balaban J connectivity index is 1.70. The lowest BCUT2D eigenvalue weighted by Gasteiger charge is -2.13. The van der Waals surface area contributed by atoms with Crippen LogP contribution in [0.5, 0.6) is 5.75 Å². The minimum atomic E-state index is -4.56. The summed E-state index contributed by atoms with van der Waals surface area (Å²) in [5, 5.41) is 6.07. The molecule has 0 spiro atoms. The zero-order valence-corrected chi connectivity index (χ0v) is 14.2. The molecule has 27 heavy (non-hydrogen) atoms. The summed E-state index contributed by atoms with van der Waals surface area (Å²) >= 11 is 0. The average Bonchev–Trinajstić information content (AvgIpc) is 3.09. The Kier molecular flexibility index (Phi) is 5.16. The number of aromatic nitrogens is 1. The van der Waals surface area contributed by atoms with Gasteiger partial charge in [-0.3, -0.25) is 4.79 Å². The molecule has 0 saturated carbocycles. The Bertz CT molecular complexity index is 934. The van der Waals surface area contributed by atoms with Crippen LogP contribution in [0.15, 0.2) is 59.1 Å². The number of amides is 1. The predicted octanol–water partition coefficient (Wildman–Crippen LogP) is 4.55. The monoisotopic (exact) mass is 376 g/mol. The summed E-state index contributed by atoms with van der Waals surface area (Å²) in [7, 11) is 1.55. The molecular weight excluding hydrogens is 361 g/mol. The number of nitrogens with zero attached hydrogens (tertiary/aromatic N) is 1. The highest BCUT2D eigenvalue weighted by molar-refractivity contribution is 5.93. The fraction of sp³-hybridized carbons (Fsp3) is 0.158. The Morgan fingerprint density at radius 3 is 2.52 bits per heavy atom. The van der Waals surface area contributed by atoms with Gasteiger partial charge in [0.15, 0.2) is 5.76 Å². The van der Waals surface area contributed by atoms with Crippen LogP contribution in [0.2, 0.25) is 0 Å². The molecule has 3 rings (SSSR count). The smallest absolute Gasteiger partial charge is 0.418 e. The molecule has 0 unspecified atom stereocenters. The van der Waals surface area contributed by atoms with E-state index in [1.54, 1.807) is 37.4 Å². The van der Waals surface area contributed by atoms with Gasteiger partial charge < -0.3 is 14.6 Å². The maximum atomic E-state index is 13.0. The maximum absolute atomic E-state index is 13.0. The van der Waals surface area contributed by atoms with Crippen LogP contribution in [0.3, 0.4) is 0 Å². The number of carbonyl (C=O) groups is 1. The normalized spacial score (nSPS) is 11.3. The molecule has 1 aromatic heterocycles.